The van der Waals surface area contributed by atoms with Crippen LogP contribution < -0.4 is 0 Å². The van der Waals surface area contributed by atoms with Crippen LogP contribution in [-0.2, 0) is 10.6 Å². The van der Waals surface area contributed by atoms with Gasteiger partial charge in [-0.05, 0) is 0 Å². The van der Waals surface area contributed by atoms with Gasteiger partial charge in [-0.15, -0.1) is 0 Å². The Morgan fingerprint density at radius 3 is 2.56 bits per heavy atom. The molecule has 0 saturated carbocycles. The van der Waals surface area contributed by atoms with Gasteiger partial charge in [-0.2, -0.15) is 0 Å². The fraction of sp³-hybridized carbons (Fsp3) is 0.400. The third-order valence-corrected chi connectivity index (χ3v) is 6.42. The third kappa shape index (κ3) is 2.23. The first-order valence-electron chi connectivity index (χ1n) is 2.52. The van der Waals surface area contributed by atoms with Gasteiger partial charge in [-0.3, -0.25) is 0 Å². The van der Waals surface area contributed by atoms with Crippen LogP contribution in [0.1, 0.15) is 9.01 Å². The molecule has 0 saturated heterocycles. The molecule has 0 aliphatic carbocycles. The Labute approximate surface area is 77.0 Å². The average Bonchev–Trinajstić information content (AvgIpc) is 2.34. The van der Waals surface area contributed by atoms with E-state index in [4.69, 9.17) is 0 Å². The van der Waals surface area contributed by atoms with Crippen molar-refractivity contribution in [2.45, 2.75) is 10.6 Å². The summed E-state index contributed by atoms with van der Waals surface area (Å²) in [6.07, 6.45) is 2.01. The fourth-order valence-electron chi connectivity index (χ4n) is 0.494. The second-order valence-corrected chi connectivity index (χ2v) is 5.38. The van der Waals surface area contributed by atoms with Crippen LogP contribution in [0, 0.1) is 0 Å². The molecule has 0 radical (unpaired) electrons. The van der Waals surface area contributed by atoms with Crippen molar-refractivity contribution in [1.29, 1.82) is 0 Å². The number of nitrogens with zero attached hydrogens (tertiary/aromatic N) is 1. The minimum atomic E-state index is 0.583. The second kappa shape index (κ2) is 3.98. The zero-order chi connectivity index (χ0) is 6.69. The number of hydrogen-bond donors (Lipinski definition) is 0. The van der Waals surface area contributed by atoms with Crippen molar-refractivity contribution in [3.8, 4) is 0 Å². The van der Waals surface area contributed by atoms with Gasteiger partial charge >= 0.3 is 77.4 Å². The molecule has 0 aliphatic heterocycles. The summed E-state index contributed by atoms with van der Waals surface area (Å²) in [6.45, 7) is 0. The Kier molecular flexibility index (Phi) is 3.56. The van der Waals surface area contributed by atoms with E-state index < -0.39 is 0 Å². The average molecular weight is 318 g/mol. The summed E-state index contributed by atoms with van der Waals surface area (Å²) in [6, 6.07) is 0. The summed E-state index contributed by atoms with van der Waals surface area (Å²) in [5.41, 5.74) is 0. The van der Waals surface area contributed by atoms with Crippen LogP contribution >= 0.6 is 0 Å². The molecule has 1 rings (SSSR count). The van der Waals surface area contributed by atoms with Crippen LogP contribution in [0.3, 0.4) is 0 Å². The zero-order valence-electron chi connectivity index (χ0n) is 4.74. The minimum absolute atomic E-state index is 0.583. The van der Waals surface area contributed by atoms with Gasteiger partial charge in [-0.1, -0.05) is 0 Å². The summed E-state index contributed by atoms with van der Waals surface area (Å²) in [7, 11) is 0. The van der Waals surface area contributed by atoms with Crippen LogP contribution in [0.15, 0.2) is 6.20 Å². The van der Waals surface area contributed by atoms with E-state index in [1.54, 1.807) is 0 Å². The van der Waals surface area contributed by atoms with Crippen molar-refractivity contribution in [3.63, 3.8) is 0 Å². The topological polar surface area (TPSA) is 12.9 Å². The summed E-state index contributed by atoms with van der Waals surface area (Å²) in [5, 5.41) is 2.19. The van der Waals surface area contributed by atoms with Crippen molar-refractivity contribution in [2.75, 3.05) is 0 Å². The quantitative estimate of drug-likeness (QED) is 0.634. The molecule has 0 spiro atoms. The molecule has 0 atom stereocenters. The summed E-state index contributed by atoms with van der Waals surface area (Å²) >= 11 is 5.75. The first kappa shape index (κ1) is 8.07. The van der Waals surface area contributed by atoms with Gasteiger partial charge in [0.05, 0.1) is 0 Å². The first-order valence-corrected chi connectivity index (χ1v) is 6.89. The van der Waals surface area contributed by atoms with E-state index in [9.17, 15) is 0 Å². The maximum absolute atomic E-state index is 4.26. The van der Waals surface area contributed by atoms with E-state index in [2.05, 4.69) is 37.0 Å². The molecule has 0 aromatic carbocycles. The monoisotopic (exact) mass is 321 g/mol. The van der Waals surface area contributed by atoms with Gasteiger partial charge in [0.15, 0.2) is 0 Å². The Morgan fingerprint density at radius 1 is 1.44 bits per heavy atom. The fourth-order valence-corrected chi connectivity index (χ4v) is 3.59. The molecule has 1 aromatic heterocycles. The third-order valence-electron chi connectivity index (χ3n) is 0.893. The van der Waals surface area contributed by atoms with E-state index in [0.29, 0.717) is 14.5 Å². The van der Waals surface area contributed by atoms with E-state index >= 15 is 0 Å². The molecule has 4 heteroatoms. The van der Waals surface area contributed by atoms with Crippen molar-refractivity contribution in [2.24, 2.45) is 0 Å². The van der Waals surface area contributed by atoms with Crippen molar-refractivity contribution in [3.05, 3.63) is 15.2 Å². The molecule has 0 amide bonds. The molecule has 1 nitrogen and oxygen atoms in total. The Balaban J connectivity index is 2.74. The molecule has 0 unspecified atom stereocenters. The Hall–Kier alpha value is 0.968. The molecule has 0 bridgehead atoms. The molecular formula is C5H7NSe3. The summed E-state index contributed by atoms with van der Waals surface area (Å²) in [4.78, 5) is 4.26. The first-order chi connectivity index (χ1) is 4.36. The maximum atomic E-state index is 4.26. The van der Waals surface area contributed by atoms with Crippen LogP contribution in [0.4, 0.5) is 0 Å². The molecule has 1 aromatic rings. The van der Waals surface area contributed by atoms with Crippen molar-refractivity contribution < 1.29 is 0 Å². The van der Waals surface area contributed by atoms with Crippen molar-refractivity contribution >= 4 is 46.5 Å². The van der Waals surface area contributed by atoms with E-state index in [1.807, 2.05) is 6.20 Å². The molecule has 9 heavy (non-hydrogen) atoms. The molecule has 50 valence electrons. The molecule has 0 aliphatic rings. The van der Waals surface area contributed by atoms with E-state index in [-0.39, 0.29) is 0 Å². The van der Waals surface area contributed by atoms with Gasteiger partial charge in [-0.25, -0.2) is 0 Å². The van der Waals surface area contributed by atoms with Gasteiger partial charge in [0, 0.05) is 0 Å². The zero-order valence-corrected chi connectivity index (χ0v) is 10.2. The molecular weight excluding hydrogens is 311 g/mol. The van der Waals surface area contributed by atoms with Gasteiger partial charge < -0.3 is 0 Å². The van der Waals surface area contributed by atoms with Crippen molar-refractivity contribution in [1.82, 2.24) is 4.98 Å². The van der Waals surface area contributed by atoms with Gasteiger partial charge in [0.25, 0.3) is 0 Å². The molecule has 1 heterocycles. The van der Waals surface area contributed by atoms with Crippen LogP contribution in [-0.4, -0.2) is 51.5 Å². The van der Waals surface area contributed by atoms with Crippen LogP contribution in [0.25, 0.3) is 0 Å². The van der Waals surface area contributed by atoms with Crippen LogP contribution in [0.5, 0.6) is 0 Å². The van der Waals surface area contributed by atoms with E-state index in [1.165, 1.54) is 9.01 Å². The number of rotatable bonds is 2. The Bertz CT molecular complexity index is 166. The predicted octanol–water partition coefficient (Wildman–Crippen LogP) is -1.06. The summed E-state index contributed by atoms with van der Waals surface area (Å²) in [5.74, 6) is 0. The number of aromatic nitrogens is 1. The van der Waals surface area contributed by atoms with Gasteiger partial charge in [0.1, 0.15) is 0 Å². The number of hydrogen-bond acceptors (Lipinski definition) is 1. The Morgan fingerprint density at radius 2 is 2.22 bits per heavy atom. The summed E-state index contributed by atoms with van der Waals surface area (Å²) < 4.78 is 2.87. The van der Waals surface area contributed by atoms with Gasteiger partial charge in [0.2, 0.25) is 0 Å². The normalized spacial score (nSPS) is 10.0. The second-order valence-electron chi connectivity index (χ2n) is 1.54. The SMILES string of the molecule is [SeH]Cc1cnc(C[SeH])[se]1. The van der Waals surface area contributed by atoms with Crippen LogP contribution in [0.2, 0.25) is 0 Å². The molecule has 0 fully saturated rings. The van der Waals surface area contributed by atoms with E-state index in [0.717, 1.165) is 10.6 Å². The molecule has 0 N–H and O–H groups in total. The standard InChI is InChI=1S/C5H7NSe3/c7-2-4-1-6-5(3-8)9-4/h1,7-8H,2-3H2. The predicted molar refractivity (Wildman–Crippen MR) is 42.9 cm³/mol.